The van der Waals surface area contributed by atoms with Gasteiger partial charge in [-0.3, -0.25) is 4.90 Å². The molecular formula is C13H26N2O. The molecule has 2 rings (SSSR count). The molecule has 2 atom stereocenters. The lowest BCUT2D eigenvalue weighted by molar-refractivity contribution is -0.0601. The Morgan fingerprint density at radius 3 is 2.94 bits per heavy atom. The van der Waals surface area contributed by atoms with Gasteiger partial charge in [-0.1, -0.05) is 13.3 Å². The van der Waals surface area contributed by atoms with Gasteiger partial charge >= 0.3 is 0 Å². The van der Waals surface area contributed by atoms with Gasteiger partial charge in [0.25, 0.3) is 0 Å². The number of rotatable bonds is 3. The summed E-state index contributed by atoms with van der Waals surface area (Å²) in [6.45, 7) is 7.28. The number of nitrogens with zero attached hydrogens (tertiary/aromatic N) is 1. The monoisotopic (exact) mass is 226 g/mol. The molecule has 0 amide bonds. The van der Waals surface area contributed by atoms with E-state index in [1.807, 2.05) is 0 Å². The van der Waals surface area contributed by atoms with E-state index in [0.29, 0.717) is 0 Å². The highest BCUT2D eigenvalue weighted by Crippen LogP contribution is 2.31. The van der Waals surface area contributed by atoms with Crippen LogP contribution in [0.1, 0.15) is 39.0 Å². The normalized spacial score (nSPS) is 37.5. The second-order valence-corrected chi connectivity index (χ2v) is 5.45. The van der Waals surface area contributed by atoms with Crippen molar-refractivity contribution in [3.63, 3.8) is 0 Å². The molecule has 0 aromatic heterocycles. The molecule has 3 nitrogen and oxygen atoms in total. The van der Waals surface area contributed by atoms with Crippen molar-refractivity contribution < 1.29 is 4.74 Å². The van der Waals surface area contributed by atoms with Gasteiger partial charge in [-0.2, -0.15) is 0 Å². The Bertz CT molecular complexity index is 214. The zero-order valence-electron chi connectivity index (χ0n) is 10.6. The van der Waals surface area contributed by atoms with Crippen molar-refractivity contribution in [3.8, 4) is 0 Å². The number of nitrogens with two attached hydrogens (primary N) is 1. The van der Waals surface area contributed by atoms with Crippen LogP contribution in [-0.4, -0.2) is 43.3 Å². The van der Waals surface area contributed by atoms with Crippen LogP contribution in [0.2, 0.25) is 0 Å². The van der Waals surface area contributed by atoms with Crippen molar-refractivity contribution in [1.82, 2.24) is 4.90 Å². The Morgan fingerprint density at radius 1 is 1.44 bits per heavy atom. The Kier molecular flexibility index (Phi) is 4.22. The fourth-order valence-corrected chi connectivity index (χ4v) is 3.21. The molecule has 0 spiro atoms. The molecule has 0 aromatic carbocycles. The van der Waals surface area contributed by atoms with Gasteiger partial charge in [0.2, 0.25) is 0 Å². The van der Waals surface area contributed by atoms with Crippen molar-refractivity contribution >= 4 is 0 Å². The molecule has 0 aromatic rings. The van der Waals surface area contributed by atoms with Crippen LogP contribution in [0.5, 0.6) is 0 Å². The zero-order chi connectivity index (χ0) is 11.4. The molecule has 16 heavy (non-hydrogen) atoms. The summed E-state index contributed by atoms with van der Waals surface area (Å²) in [7, 11) is 0. The third-order valence-electron chi connectivity index (χ3n) is 4.45. The molecule has 2 N–H and O–H groups in total. The molecule has 2 aliphatic heterocycles. The standard InChI is InChI=1S/C13H26N2O/c1-2-12-5-3-7-15(9-12)13(10-14)6-4-8-16-11-13/h12H,2-11,14H2,1H3. The van der Waals surface area contributed by atoms with Gasteiger partial charge in [-0.15, -0.1) is 0 Å². The Balaban J connectivity index is 2.01. The Labute approximate surface area is 99.3 Å². The van der Waals surface area contributed by atoms with Crippen LogP contribution in [0.25, 0.3) is 0 Å². The highest BCUT2D eigenvalue weighted by molar-refractivity contribution is 4.95. The summed E-state index contributed by atoms with van der Waals surface area (Å²) in [4.78, 5) is 2.63. The Hall–Kier alpha value is -0.120. The molecule has 2 fully saturated rings. The lowest BCUT2D eigenvalue weighted by Gasteiger charge is -2.48. The van der Waals surface area contributed by atoms with E-state index >= 15 is 0 Å². The van der Waals surface area contributed by atoms with E-state index in [9.17, 15) is 0 Å². The first-order valence-corrected chi connectivity index (χ1v) is 6.83. The maximum atomic E-state index is 6.03. The van der Waals surface area contributed by atoms with Crippen LogP contribution < -0.4 is 5.73 Å². The van der Waals surface area contributed by atoms with Gasteiger partial charge in [-0.05, 0) is 38.1 Å². The van der Waals surface area contributed by atoms with E-state index in [1.165, 1.54) is 45.2 Å². The molecule has 2 unspecified atom stereocenters. The number of ether oxygens (including phenoxy) is 1. The number of likely N-dealkylation sites (tertiary alicyclic amines) is 1. The predicted molar refractivity (Wildman–Crippen MR) is 66.4 cm³/mol. The quantitative estimate of drug-likeness (QED) is 0.794. The molecule has 2 heterocycles. The van der Waals surface area contributed by atoms with Crippen molar-refractivity contribution in [2.75, 3.05) is 32.8 Å². The lowest BCUT2D eigenvalue weighted by Crippen LogP contribution is -2.61. The van der Waals surface area contributed by atoms with Crippen LogP contribution in [-0.2, 0) is 4.74 Å². The largest absolute Gasteiger partial charge is 0.379 e. The molecule has 0 radical (unpaired) electrons. The first-order chi connectivity index (χ1) is 7.80. The topological polar surface area (TPSA) is 38.5 Å². The van der Waals surface area contributed by atoms with E-state index in [0.717, 1.165) is 25.7 Å². The van der Waals surface area contributed by atoms with Crippen molar-refractivity contribution in [3.05, 3.63) is 0 Å². The molecule has 0 bridgehead atoms. The van der Waals surface area contributed by atoms with Crippen LogP contribution in [0, 0.1) is 5.92 Å². The molecule has 3 heteroatoms. The molecule has 2 saturated heterocycles. The maximum absolute atomic E-state index is 6.03. The smallest absolute Gasteiger partial charge is 0.0662 e. The average molecular weight is 226 g/mol. The minimum absolute atomic E-state index is 0.159. The second-order valence-electron chi connectivity index (χ2n) is 5.45. The van der Waals surface area contributed by atoms with Crippen molar-refractivity contribution in [2.24, 2.45) is 11.7 Å². The van der Waals surface area contributed by atoms with E-state index in [1.54, 1.807) is 0 Å². The first kappa shape index (κ1) is 12.3. The second kappa shape index (κ2) is 5.48. The first-order valence-electron chi connectivity index (χ1n) is 6.83. The lowest BCUT2D eigenvalue weighted by atomic mass is 9.85. The van der Waals surface area contributed by atoms with Gasteiger partial charge in [0, 0.05) is 19.7 Å². The summed E-state index contributed by atoms with van der Waals surface area (Å²) >= 11 is 0. The van der Waals surface area contributed by atoms with Crippen LogP contribution in [0.3, 0.4) is 0 Å². The summed E-state index contributed by atoms with van der Waals surface area (Å²) in [5.74, 6) is 0.874. The number of hydrogen-bond donors (Lipinski definition) is 1. The third-order valence-corrected chi connectivity index (χ3v) is 4.45. The van der Waals surface area contributed by atoms with E-state index in [4.69, 9.17) is 10.5 Å². The molecule has 2 aliphatic rings. The Morgan fingerprint density at radius 2 is 2.31 bits per heavy atom. The predicted octanol–water partition coefficient (Wildman–Crippen LogP) is 1.62. The van der Waals surface area contributed by atoms with E-state index in [-0.39, 0.29) is 5.54 Å². The molecular weight excluding hydrogens is 200 g/mol. The number of piperidine rings is 1. The van der Waals surface area contributed by atoms with Crippen molar-refractivity contribution in [1.29, 1.82) is 0 Å². The number of hydrogen-bond acceptors (Lipinski definition) is 3. The van der Waals surface area contributed by atoms with Gasteiger partial charge in [-0.25, -0.2) is 0 Å². The zero-order valence-corrected chi connectivity index (χ0v) is 10.6. The average Bonchev–Trinajstić information content (AvgIpc) is 2.39. The van der Waals surface area contributed by atoms with Crippen molar-refractivity contribution in [2.45, 2.75) is 44.6 Å². The highest BCUT2D eigenvalue weighted by atomic mass is 16.5. The summed E-state index contributed by atoms with van der Waals surface area (Å²) < 4.78 is 5.68. The maximum Gasteiger partial charge on any atom is 0.0662 e. The highest BCUT2D eigenvalue weighted by Gasteiger charge is 2.39. The van der Waals surface area contributed by atoms with Crippen LogP contribution in [0.4, 0.5) is 0 Å². The summed E-state index contributed by atoms with van der Waals surface area (Å²) in [6, 6.07) is 0. The summed E-state index contributed by atoms with van der Waals surface area (Å²) in [6.07, 6.45) is 6.43. The van der Waals surface area contributed by atoms with Gasteiger partial charge in [0.15, 0.2) is 0 Å². The molecule has 94 valence electrons. The van der Waals surface area contributed by atoms with E-state index in [2.05, 4.69) is 11.8 Å². The summed E-state index contributed by atoms with van der Waals surface area (Å²) in [5.41, 5.74) is 6.19. The fourth-order valence-electron chi connectivity index (χ4n) is 3.21. The minimum atomic E-state index is 0.159. The third kappa shape index (κ3) is 2.41. The van der Waals surface area contributed by atoms with Gasteiger partial charge in [0.1, 0.15) is 0 Å². The minimum Gasteiger partial charge on any atom is -0.379 e. The van der Waals surface area contributed by atoms with Crippen LogP contribution in [0.15, 0.2) is 0 Å². The summed E-state index contributed by atoms with van der Waals surface area (Å²) in [5, 5.41) is 0. The molecule has 0 aliphatic carbocycles. The van der Waals surface area contributed by atoms with Crippen LogP contribution >= 0.6 is 0 Å². The SMILES string of the molecule is CCC1CCCN(C2(CN)CCCOC2)C1. The van der Waals surface area contributed by atoms with Gasteiger partial charge in [0.05, 0.1) is 12.1 Å². The fraction of sp³-hybridized carbons (Fsp3) is 1.00. The van der Waals surface area contributed by atoms with E-state index < -0.39 is 0 Å². The van der Waals surface area contributed by atoms with Gasteiger partial charge < -0.3 is 10.5 Å². The molecule has 0 saturated carbocycles.